The predicted molar refractivity (Wildman–Crippen MR) is 78.1 cm³/mol. The number of benzene rings is 1. The van der Waals surface area contributed by atoms with Crippen LogP contribution in [0.25, 0.3) is 33.1 Å². The third kappa shape index (κ3) is 1.55. The second-order valence-corrected chi connectivity index (χ2v) is 4.87. The quantitative estimate of drug-likeness (QED) is 0.524. The highest BCUT2D eigenvalue weighted by Crippen LogP contribution is 2.27. The van der Waals surface area contributed by atoms with Crippen LogP contribution in [0.5, 0.6) is 0 Å². The molecule has 0 amide bonds. The van der Waals surface area contributed by atoms with Gasteiger partial charge in [-0.1, -0.05) is 6.07 Å². The molecule has 1 aromatic carbocycles. The summed E-state index contributed by atoms with van der Waals surface area (Å²) < 4.78 is 0. The summed E-state index contributed by atoms with van der Waals surface area (Å²) in [5.74, 6) is 0. The van der Waals surface area contributed by atoms with Crippen LogP contribution in [-0.2, 0) is 0 Å². The summed E-state index contributed by atoms with van der Waals surface area (Å²) in [6, 6.07) is 10.7. The van der Waals surface area contributed by atoms with Crippen LogP contribution in [0.1, 0.15) is 5.56 Å². The number of aromatic amines is 2. The molecule has 0 saturated carbocycles. The van der Waals surface area contributed by atoms with Gasteiger partial charge in [-0.3, -0.25) is 0 Å². The molecule has 0 fully saturated rings. The van der Waals surface area contributed by atoms with Gasteiger partial charge in [0.05, 0.1) is 0 Å². The summed E-state index contributed by atoms with van der Waals surface area (Å²) >= 11 is 0. The van der Waals surface area contributed by atoms with Gasteiger partial charge in [-0.2, -0.15) is 0 Å². The van der Waals surface area contributed by atoms with Crippen LogP contribution in [0.15, 0.2) is 48.9 Å². The number of rotatable bonds is 1. The van der Waals surface area contributed by atoms with Gasteiger partial charge in [0, 0.05) is 40.4 Å². The van der Waals surface area contributed by atoms with Gasteiger partial charge >= 0.3 is 0 Å². The molecule has 0 aliphatic carbocycles. The number of fused-ring (bicyclic) bond motifs is 2. The average Bonchev–Trinajstić information content (AvgIpc) is 3.05. The highest BCUT2D eigenvalue weighted by Gasteiger charge is 2.05. The molecular formula is C16H13N3. The van der Waals surface area contributed by atoms with Crippen molar-refractivity contribution in [1.29, 1.82) is 0 Å². The number of H-pyrrole nitrogens is 2. The molecule has 0 bridgehead atoms. The lowest BCUT2D eigenvalue weighted by atomic mass is 10.0. The molecule has 3 aromatic heterocycles. The van der Waals surface area contributed by atoms with E-state index in [0.29, 0.717) is 0 Å². The van der Waals surface area contributed by atoms with Crippen molar-refractivity contribution in [2.75, 3.05) is 0 Å². The fraction of sp³-hybridized carbons (Fsp3) is 0.0625. The summed E-state index contributed by atoms with van der Waals surface area (Å²) in [7, 11) is 0. The van der Waals surface area contributed by atoms with Gasteiger partial charge in [-0.15, -0.1) is 0 Å². The third-order valence-electron chi connectivity index (χ3n) is 3.62. The minimum Gasteiger partial charge on any atom is -0.361 e. The lowest BCUT2D eigenvalue weighted by Gasteiger charge is -2.02. The van der Waals surface area contributed by atoms with Gasteiger partial charge in [0.1, 0.15) is 5.65 Å². The zero-order valence-corrected chi connectivity index (χ0v) is 10.6. The minimum atomic E-state index is 0.933. The van der Waals surface area contributed by atoms with E-state index in [1.165, 1.54) is 22.0 Å². The number of pyridine rings is 1. The van der Waals surface area contributed by atoms with Crippen molar-refractivity contribution < 1.29 is 0 Å². The highest BCUT2D eigenvalue weighted by molar-refractivity contribution is 5.89. The van der Waals surface area contributed by atoms with Crippen LogP contribution in [0, 0.1) is 6.92 Å². The van der Waals surface area contributed by atoms with Gasteiger partial charge < -0.3 is 9.97 Å². The van der Waals surface area contributed by atoms with E-state index in [1.54, 1.807) is 0 Å². The summed E-state index contributed by atoms with van der Waals surface area (Å²) in [4.78, 5) is 10.8. The molecule has 92 valence electrons. The molecule has 0 unspecified atom stereocenters. The molecule has 0 saturated heterocycles. The summed E-state index contributed by atoms with van der Waals surface area (Å²) in [5.41, 5.74) is 5.73. The van der Waals surface area contributed by atoms with E-state index >= 15 is 0 Å². The van der Waals surface area contributed by atoms with Crippen LogP contribution >= 0.6 is 0 Å². The molecule has 0 radical (unpaired) electrons. The first kappa shape index (κ1) is 10.4. The molecule has 3 heteroatoms. The molecule has 0 aliphatic heterocycles. The van der Waals surface area contributed by atoms with Crippen LogP contribution in [0.2, 0.25) is 0 Å². The van der Waals surface area contributed by atoms with Crippen molar-refractivity contribution in [1.82, 2.24) is 15.0 Å². The van der Waals surface area contributed by atoms with Gasteiger partial charge in [-0.05, 0) is 42.3 Å². The number of nitrogens with zero attached hydrogens (tertiary/aromatic N) is 1. The predicted octanol–water partition coefficient (Wildman–Crippen LogP) is 4.02. The van der Waals surface area contributed by atoms with Crippen molar-refractivity contribution in [3.63, 3.8) is 0 Å². The Morgan fingerprint density at radius 3 is 2.89 bits per heavy atom. The van der Waals surface area contributed by atoms with Crippen molar-refractivity contribution in [2.24, 2.45) is 0 Å². The van der Waals surface area contributed by atoms with Gasteiger partial charge in [0.25, 0.3) is 0 Å². The standard InChI is InChI=1S/C16H13N3/c1-10-8-18-15-3-2-11(7-14(10)15)13-6-12-4-5-17-16(12)19-9-13/h2-9,18H,1H3,(H,17,19). The van der Waals surface area contributed by atoms with E-state index in [9.17, 15) is 0 Å². The third-order valence-corrected chi connectivity index (χ3v) is 3.62. The number of aromatic nitrogens is 3. The molecule has 3 nitrogen and oxygen atoms in total. The van der Waals surface area contributed by atoms with Crippen molar-refractivity contribution in [3.8, 4) is 11.1 Å². The van der Waals surface area contributed by atoms with Crippen LogP contribution in [0.3, 0.4) is 0 Å². The van der Waals surface area contributed by atoms with Crippen LogP contribution < -0.4 is 0 Å². The van der Waals surface area contributed by atoms with E-state index in [4.69, 9.17) is 0 Å². The maximum Gasteiger partial charge on any atom is 0.137 e. The molecule has 0 atom stereocenters. The number of hydrogen-bond acceptors (Lipinski definition) is 1. The Bertz CT molecular complexity index is 883. The SMILES string of the molecule is Cc1c[nH]c2ccc(-c3cnc4[nH]ccc4c3)cc12. The molecular weight excluding hydrogens is 234 g/mol. The average molecular weight is 247 g/mol. The smallest absolute Gasteiger partial charge is 0.137 e. The van der Waals surface area contributed by atoms with Crippen LogP contribution in [0.4, 0.5) is 0 Å². The zero-order chi connectivity index (χ0) is 12.8. The largest absolute Gasteiger partial charge is 0.361 e. The number of nitrogens with one attached hydrogen (secondary N) is 2. The topological polar surface area (TPSA) is 44.5 Å². The van der Waals surface area contributed by atoms with Gasteiger partial charge in [0.2, 0.25) is 0 Å². The highest BCUT2D eigenvalue weighted by atomic mass is 14.8. The first-order chi connectivity index (χ1) is 9.31. The lowest BCUT2D eigenvalue weighted by molar-refractivity contribution is 1.33. The van der Waals surface area contributed by atoms with E-state index in [1.807, 2.05) is 24.7 Å². The second kappa shape index (κ2) is 3.72. The number of hydrogen-bond donors (Lipinski definition) is 2. The molecule has 3 heterocycles. The Morgan fingerprint density at radius 1 is 1.00 bits per heavy atom. The fourth-order valence-electron chi connectivity index (χ4n) is 2.54. The molecule has 4 rings (SSSR count). The molecule has 0 spiro atoms. The van der Waals surface area contributed by atoms with E-state index < -0.39 is 0 Å². The Kier molecular flexibility index (Phi) is 2.03. The van der Waals surface area contributed by atoms with E-state index in [0.717, 1.165) is 16.6 Å². The van der Waals surface area contributed by atoms with Gasteiger partial charge in [-0.25, -0.2) is 4.98 Å². The van der Waals surface area contributed by atoms with Crippen LogP contribution in [-0.4, -0.2) is 15.0 Å². The monoisotopic (exact) mass is 247 g/mol. The Balaban J connectivity index is 1.94. The molecule has 19 heavy (non-hydrogen) atoms. The number of aryl methyl sites for hydroxylation is 1. The summed E-state index contributed by atoms with van der Waals surface area (Å²) in [5, 5.41) is 2.41. The fourth-order valence-corrected chi connectivity index (χ4v) is 2.54. The lowest BCUT2D eigenvalue weighted by Crippen LogP contribution is -1.82. The first-order valence-corrected chi connectivity index (χ1v) is 6.32. The maximum atomic E-state index is 4.44. The zero-order valence-electron chi connectivity index (χ0n) is 10.6. The second-order valence-electron chi connectivity index (χ2n) is 4.87. The van der Waals surface area contributed by atoms with E-state index in [-0.39, 0.29) is 0 Å². The van der Waals surface area contributed by atoms with Crippen molar-refractivity contribution in [2.45, 2.75) is 6.92 Å². The Morgan fingerprint density at radius 2 is 1.95 bits per heavy atom. The molecule has 4 aromatic rings. The first-order valence-electron chi connectivity index (χ1n) is 6.32. The molecule has 2 N–H and O–H groups in total. The molecule has 0 aliphatic rings. The Hall–Kier alpha value is -2.55. The summed E-state index contributed by atoms with van der Waals surface area (Å²) in [6.07, 6.45) is 5.88. The van der Waals surface area contributed by atoms with Gasteiger partial charge in [0.15, 0.2) is 0 Å². The Labute approximate surface area is 110 Å². The van der Waals surface area contributed by atoms with Crippen molar-refractivity contribution in [3.05, 3.63) is 54.5 Å². The minimum absolute atomic E-state index is 0.933. The van der Waals surface area contributed by atoms with E-state index in [2.05, 4.69) is 46.1 Å². The van der Waals surface area contributed by atoms with Crippen molar-refractivity contribution >= 4 is 21.9 Å². The summed E-state index contributed by atoms with van der Waals surface area (Å²) in [6.45, 7) is 2.12. The maximum absolute atomic E-state index is 4.44. The normalized spacial score (nSPS) is 11.4.